The van der Waals surface area contributed by atoms with Gasteiger partial charge in [0.25, 0.3) is 0 Å². The van der Waals surface area contributed by atoms with Crippen LogP contribution in [0.5, 0.6) is 0 Å². The highest BCUT2D eigenvalue weighted by molar-refractivity contribution is 6.14. The molecule has 1 aliphatic carbocycles. The van der Waals surface area contributed by atoms with Crippen molar-refractivity contribution in [2.24, 2.45) is 9.98 Å². The van der Waals surface area contributed by atoms with E-state index in [2.05, 4.69) is 254 Å². The zero-order valence-electron chi connectivity index (χ0n) is 38.7. The molecule has 0 spiro atoms. The first kappa shape index (κ1) is 42.5. The van der Waals surface area contributed by atoms with Gasteiger partial charge in [0.05, 0.1) is 11.4 Å². The number of rotatable bonds is 10. The molecule has 2 heterocycles. The number of nitrogens with zero attached hydrogens (tertiary/aromatic N) is 3. The van der Waals surface area contributed by atoms with Gasteiger partial charge in [-0.15, -0.1) is 0 Å². The van der Waals surface area contributed by atoms with Crippen molar-refractivity contribution < 1.29 is 4.42 Å². The van der Waals surface area contributed by atoms with Crippen LogP contribution in [0.3, 0.4) is 0 Å². The third-order valence-electron chi connectivity index (χ3n) is 13.4. The molecule has 10 aromatic rings. The Labute approximate surface area is 408 Å². The third kappa shape index (κ3) is 8.52. The molecule has 0 N–H and O–H groups in total. The van der Waals surface area contributed by atoms with Crippen molar-refractivity contribution >= 4 is 56.9 Å². The minimum absolute atomic E-state index is 0.703. The van der Waals surface area contributed by atoms with E-state index >= 15 is 0 Å². The van der Waals surface area contributed by atoms with Gasteiger partial charge in [0, 0.05) is 44.9 Å². The van der Waals surface area contributed by atoms with Crippen molar-refractivity contribution in [2.45, 2.75) is 25.7 Å². The van der Waals surface area contributed by atoms with Gasteiger partial charge in [-0.2, -0.15) is 0 Å². The predicted octanol–water partition coefficient (Wildman–Crippen LogP) is 15.7. The van der Waals surface area contributed by atoms with Crippen molar-refractivity contribution in [3.05, 3.63) is 276 Å². The Kier molecular flexibility index (Phi) is 11.6. The monoisotopic (exact) mass is 899 g/mol. The number of amidine groups is 1. The van der Waals surface area contributed by atoms with Crippen molar-refractivity contribution in [1.82, 2.24) is 0 Å². The Balaban J connectivity index is 0.991. The lowest BCUT2D eigenvalue weighted by molar-refractivity contribution is 0.571. The molecule has 70 heavy (non-hydrogen) atoms. The number of hydrogen-bond acceptors (Lipinski definition) is 4. The van der Waals surface area contributed by atoms with Crippen LogP contribution in [0.15, 0.2) is 257 Å². The lowest BCUT2D eigenvalue weighted by Crippen LogP contribution is -2.27. The summed E-state index contributed by atoms with van der Waals surface area (Å²) in [7, 11) is 0. The lowest BCUT2D eigenvalue weighted by Gasteiger charge is -2.27. The van der Waals surface area contributed by atoms with Gasteiger partial charge in [-0.1, -0.05) is 188 Å². The van der Waals surface area contributed by atoms with Crippen LogP contribution in [0.1, 0.15) is 47.9 Å². The highest BCUT2D eigenvalue weighted by Crippen LogP contribution is 2.41. The van der Waals surface area contributed by atoms with E-state index in [0.29, 0.717) is 5.84 Å². The quantitative estimate of drug-likeness (QED) is 0.137. The minimum Gasteiger partial charge on any atom is -0.456 e. The molecule has 2 aliphatic rings. The molecule has 0 atom stereocenters. The number of hydrogen-bond donors (Lipinski definition) is 0. The van der Waals surface area contributed by atoms with Crippen LogP contribution in [0.2, 0.25) is 0 Å². The van der Waals surface area contributed by atoms with E-state index in [9.17, 15) is 0 Å². The van der Waals surface area contributed by atoms with E-state index in [0.717, 1.165) is 115 Å². The summed E-state index contributed by atoms with van der Waals surface area (Å²) in [6.07, 6.45) is 7.92. The first-order valence-electron chi connectivity index (χ1n) is 24.2. The molecule has 0 saturated carbocycles. The standard InChI is InChI=1S/C66H49N3O/c1-6-21-46(22-7-1)50-29-18-30-51(41-50)66-67-61(49-27-12-4-13-28-49)36-20-37-62(68-66)58-34-17-16-33-57(58)59-35-19-38-63-65(59)60-40-39-55(45-64(60)70-63)69(54-31-14-5-15-32-54)56-43-52(47-23-8-2-9-24-47)42-53(44-56)48-25-10-3-11-26-48/h1-18,21-34,37-45H,19-20,35-36H2. The maximum absolute atomic E-state index is 6.93. The summed E-state index contributed by atoms with van der Waals surface area (Å²) >= 11 is 0. The molecule has 4 nitrogen and oxygen atoms in total. The van der Waals surface area contributed by atoms with Crippen molar-refractivity contribution in [2.75, 3.05) is 4.90 Å². The minimum atomic E-state index is 0.703. The number of aliphatic imine (C=N–C) groups is 2. The summed E-state index contributed by atoms with van der Waals surface area (Å²) in [5.41, 5.74) is 19.4. The van der Waals surface area contributed by atoms with Gasteiger partial charge >= 0.3 is 0 Å². The second kappa shape index (κ2) is 19.0. The van der Waals surface area contributed by atoms with Crippen molar-refractivity contribution in [1.29, 1.82) is 0 Å². The largest absolute Gasteiger partial charge is 0.456 e. The van der Waals surface area contributed by atoms with E-state index in [1.807, 2.05) is 0 Å². The molecule has 12 rings (SSSR count). The fourth-order valence-corrected chi connectivity index (χ4v) is 10.1. The Hall–Kier alpha value is -8.86. The van der Waals surface area contributed by atoms with Crippen LogP contribution in [-0.4, -0.2) is 11.5 Å². The van der Waals surface area contributed by atoms with Crippen LogP contribution in [0, 0.1) is 0 Å². The molecule has 334 valence electrons. The molecule has 0 saturated heterocycles. The zero-order valence-corrected chi connectivity index (χ0v) is 38.7. The number of allylic oxidation sites excluding steroid dienone is 1. The van der Waals surface area contributed by atoms with Gasteiger partial charge in [0.15, 0.2) is 5.84 Å². The first-order valence-corrected chi connectivity index (χ1v) is 24.2. The average Bonchev–Trinajstić information content (AvgIpc) is 3.81. The molecule has 0 fully saturated rings. The molecule has 9 aromatic carbocycles. The number of anilines is 3. The Bertz CT molecular complexity index is 3680. The second-order valence-corrected chi connectivity index (χ2v) is 17.9. The van der Waals surface area contributed by atoms with E-state index in [4.69, 9.17) is 14.4 Å². The third-order valence-corrected chi connectivity index (χ3v) is 13.4. The van der Waals surface area contributed by atoms with E-state index in [1.165, 1.54) is 22.3 Å². The normalized spacial score (nSPS) is 13.5. The van der Waals surface area contributed by atoms with Gasteiger partial charge in [-0.3, -0.25) is 0 Å². The molecule has 1 aromatic heterocycles. The van der Waals surface area contributed by atoms with Crippen LogP contribution < -0.4 is 15.5 Å². The predicted molar refractivity (Wildman–Crippen MR) is 292 cm³/mol. The van der Waals surface area contributed by atoms with Gasteiger partial charge in [-0.25, -0.2) is 9.98 Å². The lowest BCUT2D eigenvalue weighted by atomic mass is 9.90. The van der Waals surface area contributed by atoms with E-state index in [1.54, 1.807) is 0 Å². The number of furan rings is 1. The van der Waals surface area contributed by atoms with Crippen LogP contribution in [0.4, 0.5) is 17.1 Å². The Morgan fingerprint density at radius 2 is 0.914 bits per heavy atom. The fourth-order valence-electron chi connectivity index (χ4n) is 10.1. The molecular weight excluding hydrogens is 851 g/mol. The second-order valence-electron chi connectivity index (χ2n) is 17.9. The van der Waals surface area contributed by atoms with Crippen LogP contribution in [0.25, 0.3) is 61.7 Å². The molecule has 1 aliphatic heterocycles. The summed E-state index contributed by atoms with van der Waals surface area (Å²) in [5.74, 6) is 0.703. The molecule has 4 heteroatoms. The first-order chi connectivity index (χ1) is 34.7. The van der Waals surface area contributed by atoms with E-state index < -0.39 is 0 Å². The number of para-hydroxylation sites is 1. The Morgan fingerprint density at radius 1 is 0.371 bits per heavy atom. The van der Waals surface area contributed by atoms with Crippen LogP contribution >= 0.6 is 0 Å². The zero-order chi connectivity index (χ0) is 46.6. The molecule has 0 radical (unpaired) electrons. The topological polar surface area (TPSA) is 41.1 Å². The summed E-state index contributed by atoms with van der Waals surface area (Å²) in [6, 6.07) is 84.0. The Morgan fingerprint density at radius 3 is 1.59 bits per heavy atom. The smallest absolute Gasteiger partial charge is 0.160 e. The van der Waals surface area contributed by atoms with Gasteiger partial charge in [0.1, 0.15) is 11.0 Å². The van der Waals surface area contributed by atoms with Gasteiger partial charge < -0.3 is 9.32 Å². The summed E-state index contributed by atoms with van der Waals surface area (Å²) in [6.45, 7) is 0. The van der Waals surface area contributed by atoms with Crippen LogP contribution in [-0.2, 0) is 0 Å². The van der Waals surface area contributed by atoms with E-state index in [-0.39, 0.29) is 0 Å². The average molecular weight is 900 g/mol. The maximum atomic E-state index is 6.93. The summed E-state index contributed by atoms with van der Waals surface area (Å²) in [4.78, 5) is 13.3. The molecule has 0 unspecified atom stereocenters. The number of benzene rings is 9. The number of fused-ring (bicyclic) bond motifs is 3. The van der Waals surface area contributed by atoms with Gasteiger partial charge in [0.2, 0.25) is 0 Å². The molecule has 0 bridgehead atoms. The molecular formula is C66H49N3O. The van der Waals surface area contributed by atoms with Crippen molar-refractivity contribution in [3.8, 4) is 33.4 Å². The molecule has 0 amide bonds. The maximum Gasteiger partial charge on any atom is 0.160 e. The highest BCUT2D eigenvalue weighted by atomic mass is 16.3. The van der Waals surface area contributed by atoms with Crippen molar-refractivity contribution in [3.63, 3.8) is 0 Å². The SMILES string of the molecule is C1=C(c2ccccc2C2=c3c(oc4cc(N(c5ccccc5)c5cc(-c6ccccc6)cc(-c6ccccc6)c5)ccc34)=CCC2)N=C(c2cccc(-c3ccccc3)c2)N=C(c2ccccc2)CC1. The summed E-state index contributed by atoms with van der Waals surface area (Å²) in [5, 5.41) is 2.25. The van der Waals surface area contributed by atoms with Gasteiger partial charge in [-0.05, 0) is 130 Å². The highest BCUT2D eigenvalue weighted by Gasteiger charge is 2.22. The summed E-state index contributed by atoms with van der Waals surface area (Å²) < 4.78 is 6.93. The fraction of sp³-hybridized carbons (Fsp3) is 0.0606.